The molecule has 0 amide bonds. The van der Waals surface area contributed by atoms with Crippen LogP contribution in [0.5, 0.6) is 11.5 Å². The number of methoxy groups -OCH3 is 2. The molecule has 1 aliphatic heterocycles. The number of aromatic amines is 1. The number of esters is 1. The van der Waals surface area contributed by atoms with Crippen LogP contribution in [-0.2, 0) is 20.7 Å². The summed E-state index contributed by atoms with van der Waals surface area (Å²) < 4.78 is 17.1. The highest BCUT2D eigenvalue weighted by Crippen LogP contribution is 2.46. The molecule has 5 rings (SSSR count). The number of benzene rings is 1. The number of cyclic esters (lactones) is 1. The predicted molar refractivity (Wildman–Crippen MR) is 145 cm³/mol. The van der Waals surface area contributed by atoms with Crippen molar-refractivity contribution >= 4 is 35.1 Å². The van der Waals surface area contributed by atoms with Crippen molar-refractivity contribution in [3.63, 3.8) is 0 Å². The van der Waals surface area contributed by atoms with Crippen molar-refractivity contribution in [3.05, 3.63) is 53.4 Å². The van der Waals surface area contributed by atoms with Crippen molar-refractivity contribution in [3.8, 4) is 22.8 Å². The van der Waals surface area contributed by atoms with E-state index in [9.17, 15) is 9.59 Å². The number of hydrogen-bond donors (Lipinski definition) is 1. The van der Waals surface area contributed by atoms with Gasteiger partial charge in [-0.3, -0.25) is 14.6 Å². The summed E-state index contributed by atoms with van der Waals surface area (Å²) in [5.74, 6) is 0.690. The van der Waals surface area contributed by atoms with Crippen LogP contribution >= 0.6 is 23.4 Å². The number of H-pyrrole nitrogens is 1. The number of thioether (sulfide) groups is 1. The first kappa shape index (κ1) is 26.6. The molecule has 2 unspecified atom stereocenters. The van der Waals surface area contributed by atoms with E-state index in [-0.39, 0.29) is 18.1 Å². The average Bonchev–Trinajstić information content (AvgIpc) is 3.63. The zero-order valence-corrected chi connectivity index (χ0v) is 22.9. The molecule has 2 aliphatic rings. The first-order valence-corrected chi connectivity index (χ1v) is 14.0. The van der Waals surface area contributed by atoms with Crippen molar-refractivity contribution in [2.75, 3.05) is 14.2 Å². The molecule has 3 heterocycles. The van der Waals surface area contributed by atoms with Crippen LogP contribution in [0.25, 0.3) is 11.3 Å². The Morgan fingerprint density at radius 2 is 1.95 bits per heavy atom. The maximum atomic E-state index is 13.5. The molecule has 0 radical (unpaired) electrons. The third-order valence-corrected chi connectivity index (χ3v) is 8.93. The smallest absolute Gasteiger partial charge is 0.327 e. The van der Waals surface area contributed by atoms with E-state index in [1.54, 1.807) is 38.9 Å². The van der Waals surface area contributed by atoms with Gasteiger partial charge < -0.3 is 19.2 Å². The summed E-state index contributed by atoms with van der Waals surface area (Å²) in [7, 11) is 3.15. The number of imidazole rings is 1. The molecule has 38 heavy (non-hydrogen) atoms. The maximum absolute atomic E-state index is 13.5. The Morgan fingerprint density at radius 1 is 1.16 bits per heavy atom. The zero-order chi connectivity index (χ0) is 26.7. The molecule has 2 atom stereocenters. The van der Waals surface area contributed by atoms with Gasteiger partial charge in [-0.25, -0.2) is 4.98 Å². The van der Waals surface area contributed by atoms with E-state index in [1.807, 2.05) is 18.2 Å². The minimum Gasteiger partial charge on any atom is -0.496 e. The largest absolute Gasteiger partial charge is 0.496 e. The van der Waals surface area contributed by atoms with Crippen molar-refractivity contribution in [2.24, 2.45) is 5.92 Å². The summed E-state index contributed by atoms with van der Waals surface area (Å²) in [6, 6.07) is 7.33. The van der Waals surface area contributed by atoms with E-state index in [0.717, 1.165) is 54.3 Å². The van der Waals surface area contributed by atoms with Crippen LogP contribution < -0.4 is 9.47 Å². The second-order valence-electron chi connectivity index (χ2n) is 9.75. The number of carbonyl (C=O) groups excluding carboxylic acids is 2. The number of nitrogens with zero attached hydrogens (tertiary/aromatic N) is 2. The number of halogens is 1. The fourth-order valence-electron chi connectivity index (χ4n) is 5.55. The summed E-state index contributed by atoms with van der Waals surface area (Å²) >= 11 is 7.49. The molecular weight excluding hydrogens is 526 g/mol. The normalized spacial score (nSPS) is 21.9. The molecule has 1 aliphatic carbocycles. The monoisotopic (exact) mass is 555 g/mol. The Kier molecular flexibility index (Phi) is 7.95. The lowest BCUT2D eigenvalue weighted by Crippen LogP contribution is -2.53. The van der Waals surface area contributed by atoms with Crippen molar-refractivity contribution < 1.29 is 23.8 Å². The lowest BCUT2D eigenvalue weighted by atomic mass is 9.76. The van der Waals surface area contributed by atoms with Gasteiger partial charge >= 0.3 is 5.97 Å². The topological polar surface area (TPSA) is 103 Å². The molecule has 0 bridgehead atoms. The number of rotatable bonds is 9. The Bertz CT molecular complexity index is 1290. The van der Waals surface area contributed by atoms with Gasteiger partial charge in [0.05, 0.1) is 31.1 Å². The fraction of sp³-hybridized carbons (Fsp3) is 0.429. The number of ketones is 1. The average molecular weight is 556 g/mol. The van der Waals surface area contributed by atoms with E-state index in [0.29, 0.717) is 34.5 Å². The molecule has 200 valence electrons. The number of hydrogen-bond acceptors (Lipinski definition) is 8. The first-order chi connectivity index (χ1) is 18.4. The number of ether oxygens (including phenoxy) is 3. The van der Waals surface area contributed by atoms with Crippen molar-refractivity contribution in [2.45, 2.75) is 61.0 Å². The molecule has 2 fully saturated rings. The van der Waals surface area contributed by atoms with Crippen LogP contribution in [0, 0.1) is 5.92 Å². The molecule has 0 spiro atoms. The molecule has 10 heteroatoms. The van der Waals surface area contributed by atoms with Gasteiger partial charge in [0.1, 0.15) is 17.1 Å². The number of Topliss-reactive ketones (excluding diaryl/α,β-unsaturated/α-hetero) is 1. The predicted octanol–water partition coefficient (Wildman–Crippen LogP) is 5.68. The van der Waals surface area contributed by atoms with Crippen LogP contribution in [-0.4, -0.2) is 51.8 Å². The second-order valence-corrected chi connectivity index (χ2v) is 11.3. The highest BCUT2D eigenvalue weighted by Gasteiger charge is 2.52. The van der Waals surface area contributed by atoms with Gasteiger partial charge in [0, 0.05) is 30.4 Å². The molecule has 1 N–H and O–H groups in total. The molecule has 2 aromatic heterocycles. The second kappa shape index (κ2) is 11.4. The van der Waals surface area contributed by atoms with Gasteiger partial charge in [-0.2, -0.15) is 0 Å². The van der Waals surface area contributed by atoms with E-state index in [2.05, 4.69) is 15.0 Å². The lowest BCUT2D eigenvalue weighted by Gasteiger charge is -2.42. The first-order valence-electron chi connectivity index (χ1n) is 12.7. The van der Waals surface area contributed by atoms with Gasteiger partial charge in [-0.1, -0.05) is 36.2 Å². The van der Waals surface area contributed by atoms with Crippen LogP contribution in [0.4, 0.5) is 0 Å². The summed E-state index contributed by atoms with van der Waals surface area (Å²) in [6.07, 6.45) is 10.3. The third-order valence-electron chi connectivity index (χ3n) is 7.51. The number of pyridine rings is 1. The quantitative estimate of drug-likeness (QED) is 0.266. The van der Waals surface area contributed by atoms with E-state index >= 15 is 0 Å². The lowest BCUT2D eigenvalue weighted by molar-refractivity contribution is -0.177. The Morgan fingerprint density at radius 3 is 2.63 bits per heavy atom. The van der Waals surface area contributed by atoms with Gasteiger partial charge in [-0.15, -0.1) is 0 Å². The summed E-state index contributed by atoms with van der Waals surface area (Å²) in [5.41, 5.74) is 1.68. The number of aromatic nitrogens is 3. The minimum atomic E-state index is -0.956. The Balaban J connectivity index is 1.34. The summed E-state index contributed by atoms with van der Waals surface area (Å²) in [4.78, 5) is 38.5. The Hall–Kier alpha value is -3.04. The van der Waals surface area contributed by atoms with Crippen LogP contribution in [0.1, 0.15) is 44.1 Å². The number of carbonyl (C=O) groups is 2. The standard InChI is InChI=1S/C28H30ClN3O5S/c1-35-23-13-24(36-2)20(29)12-17(23)9-10-28(19-7-3-4-8-19)14-22(33)25(26(34)37-28)38-27-31-16-21(32-27)18-6-5-11-30-15-18/h5-6,11-13,15-16,19,25H,3-4,7-10,14H2,1-2H3,(H,31,32). The summed E-state index contributed by atoms with van der Waals surface area (Å²) in [6.45, 7) is 0. The van der Waals surface area contributed by atoms with Gasteiger partial charge in [0.25, 0.3) is 0 Å². The molecule has 8 nitrogen and oxygen atoms in total. The maximum Gasteiger partial charge on any atom is 0.327 e. The molecular formula is C28H30ClN3O5S. The molecule has 3 aromatic rings. The SMILES string of the molecule is COc1cc(OC)c(CCC2(C3CCCC3)CC(=O)C(Sc3ncc(-c4cccnc4)[nH]3)C(=O)O2)cc1Cl. The van der Waals surface area contributed by atoms with Crippen molar-refractivity contribution in [1.29, 1.82) is 0 Å². The summed E-state index contributed by atoms with van der Waals surface area (Å²) in [5, 5.41) is 0.0167. The molecule has 1 saturated heterocycles. The van der Waals surface area contributed by atoms with Gasteiger partial charge in [0.15, 0.2) is 16.2 Å². The van der Waals surface area contributed by atoms with E-state index in [1.165, 1.54) is 0 Å². The highest BCUT2D eigenvalue weighted by molar-refractivity contribution is 8.01. The Labute approximate surface area is 230 Å². The molecule has 1 aromatic carbocycles. The van der Waals surface area contributed by atoms with Crippen molar-refractivity contribution in [1.82, 2.24) is 15.0 Å². The number of aryl methyl sites for hydroxylation is 1. The number of nitrogens with one attached hydrogen (secondary N) is 1. The van der Waals surface area contributed by atoms with Crippen LogP contribution in [0.2, 0.25) is 5.02 Å². The zero-order valence-electron chi connectivity index (χ0n) is 21.4. The van der Waals surface area contributed by atoms with E-state index in [4.69, 9.17) is 25.8 Å². The van der Waals surface area contributed by atoms with Gasteiger partial charge in [0.2, 0.25) is 0 Å². The van der Waals surface area contributed by atoms with Crippen LogP contribution in [0.15, 0.2) is 48.0 Å². The van der Waals surface area contributed by atoms with E-state index < -0.39 is 16.8 Å². The van der Waals surface area contributed by atoms with Gasteiger partial charge in [-0.05, 0) is 55.4 Å². The molecule has 1 saturated carbocycles. The van der Waals surface area contributed by atoms with Crippen LogP contribution in [0.3, 0.4) is 0 Å². The highest BCUT2D eigenvalue weighted by atomic mass is 35.5. The minimum absolute atomic E-state index is 0.128. The fourth-order valence-corrected chi connectivity index (χ4v) is 6.68. The third kappa shape index (κ3) is 5.40.